The largest absolute Gasteiger partial charge is 0.289 e. The third kappa shape index (κ3) is 17.7. The van der Waals surface area contributed by atoms with Gasteiger partial charge in [0.1, 0.15) is 0 Å². The van der Waals surface area contributed by atoms with Crippen LogP contribution >= 0.6 is 12.6 Å². The maximum Gasteiger partial charge on any atom is 0.243 e. The number of hydrogen-bond acceptors (Lipinski definition) is 3. The van der Waals surface area contributed by atoms with Crippen molar-refractivity contribution in [1.29, 1.82) is 0 Å². The molecule has 0 aliphatic heterocycles. The predicted molar refractivity (Wildman–Crippen MR) is 93.0 cm³/mol. The molecule has 0 aliphatic carbocycles. The zero-order chi connectivity index (χ0) is 15.6. The van der Waals surface area contributed by atoms with Crippen molar-refractivity contribution in [2.24, 2.45) is 0 Å². The predicted octanol–water partition coefficient (Wildman–Crippen LogP) is 5.27. The van der Waals surface area contributed by atoms with Crippen molar-refractivity contribution in [2.45, 2.75) is 96.3 Å². The lowest BCUT2D eigenvalue weighted by Gasteiger charge is -2.03. The minimum atomic E-state index is -0.263. The van der Waals surface area contributed by atoms with Gasteiger partial charge in [0, 0.05) is 6.42 Å². The summed E-state index contributed by atoms with van der Waals surface area (Å²) in [7, 11) is 0. The van der Waals surface area contributed by atoms with Gasteiger partial charge in [0.15, 0.2) is 0 Å². The number of rotatable bonds is 16. The number of thiol groups is 1. The topological polar surface area (TPSA) is 49.3 Å². The first-order chi connectivity index (χ1) is 10.3. The number of unbranched alkanes of at least 4 members (excludes halogenated alkanes) is 13. The highest BCUT2D eigenvalue weighted by Crippen LogP contribution is 2.13. The third-order valence-electron chi connectivity index (χ3n) is 3.94. The fourth-order valence-electron chi connectivity index (χ4n) is 2.57. The summed E-state index contributed by atoms with van der Waals surface area (Å²) >= 11 is 4.22. The van der Waals surface area contributed by atoms with E-state index in [1.165, 1.54) is 77.0 Å². The Balaban J connectivity index is 2.98. The first kappa shape index (κ1) is 20.8. The molecule has 0 rings (SSSR count). The molecule has 0 saturated heterocycles. The molecule has 0 unspecified atom stereocenters. The Kier molecular flexibility index (Phi) is 17.6. The summed E-state index contributed by atoms with van der Waals surface area (Å²) in [5.41, 5.74) is 1.67. The molecule has 126 valence electrons. The lowest BCUT2D eigenvalue weighted by atomic mass is 10.0. The van der Waals surface area contributed by atoms with Crippen LogP contribution in [0.25, 0.3) is 0 Å². The Bertz CT molecular complexity index is 225. The maximum absolute atomic E-state index is 10.8. The molecule has 0 aromatic rings. The minimum Gasteiger partial charge on any atom is -0.289 e. The van der Waals surface area contributed by atoms with E-state index in [2.05, 4.69) is 12.6 Å². The van der Waals surface area contributed by atoms with E-state index in [4.69, 9.17) is 5.21 Å². The average molecular weight is 318 g/mol. The molecule has 0 bridgehead atoms. The highest BCUT2D eigenvalue weighted by molar-refractivity contribution is 7.80. The molecule has 21 heavy (non-hydrogen) atoms. The van der Waals surface area contributed by atoms with E-state index in [0.717, 1.165) is 18.6 Å². The highest BCUT2D eigenvalue weighted by Gasteiger charge is 1.98. The molecular formula is C17H35NO2S. The monoisotopic (exact) mass is 317 g/mol. The fourth-order valence-corrected chi connectivity index (χ4v) is 2.80. The second-order valence-corrected chi connectivity index (χ2v) is 6.41. The molecular weight excluding hydrogens is 282 g/mol. The molecule has 0 radical (unpaired) electrons. The number of carbonyl (C=O) groups is 1. The van der Waals surface area contributed by atoms with E-state index in [1.807, 2.05) is 0 Å². The lowest BCUT2D eigenvalue weighted by molar-refractivity contribution is -0.129. The van der Waals surface area contributed by atoms with Crippen molar-refractivity contribution >= 4 is 18.5 Å². The molecule has 0 aromatic carbocycles. The van der Waals surface area contributed by atoms with Crippen molar-refractivity contribution in [3.8, 4) is 0 Å². The van der Waals surface area contributed by atoms with Crippen molar-refractivity contribution < 1.29 is 10.0 Å². The zero-order valence-corrected chi connectivity index (χ0v) is 14.5. The minimum absolute atomic E-state index is 0.263. The zero-order valence-electron chi connectivity index (χ0n) is 13.6. The summed E-state index contributed by atoms with van der Waals surface area (Å²) in [6.07, 6.45) is 18.6. The molecule has 2 N–H and O–H groups in total. The van der Waals surface area contributed by atoms with Gasteiger partial charge in [-0.25, -0.2) is 5.48 Å². The van der Waals surface area contributed by atoms with Crippen LogP contribution in [0.15, 0.2) is 0 Å². The molecule has 0 aromatic heterocycles. The Morgan fingerprint density at radius 1 is 0.667 bits per heavy atom. The summed E-state index contributed by atoms with van der Waals surface area (Å²) in [6, 6.07) is 0. The molecule has 0 aliphatic rings. The Hall–Kier alpha value is -0.220. The van der Waals surface area contributed by atoms with E-state index in [9.17, 15) is 4.79 Å². The first-order valence-corrected chi connectivity index (χ1v) is 9.48. The molecule has 0 atom stereocenters. The van der Waals surface area contributed by atoms with Crippen LogP contribution in [0.2, 0.25) is 0 Å². The van der Waals surface area contributed by atoms with E-state index in [0.29, 0.717) is 6.42 Å². The normalized spacial score (nSPS) is 10.8. The van der Waals surface area contributed by atoms with Crippen LogP contribution in [0, 0.1) is 0 Å². The summed E-state index contributed by atoms with van der Waals surface area (Å²) in [4.78, 5) is 10.8. The summed E-state index contributed by atoms with van der Waals surface area (Å²) in [5.74, 6) is 0.773. The van der Waals surface area contributed by atoms with Crippen LogP contribution in [0.5, 0.6) is 0 Å². The van der Waals surface area contributed by atoms with Crippen molar-refractivity contribution in [3.63, 3.8) is 0 Å². The molecule has 4 heteroatoms. The number of amides is 1. The van der Waals surface area contributed by atoms with Gasteiger partial charge in [-0.2, -0.15) is 12.6 Å². The first-order valence-electron chi connectivity index (χ1n) is 8.85. The van der Waals surface area contributed by atoms with E-state index in [-0.39, 0.29) is 5.91 Å². The Morgan fingerprint density at radius 3 is 1.33 bits per heavy atom. The van der Waals surface area contributed by atoms with Crippen molar-refractivity contribution in [1.82, 2.24) is 5.48 Å². The van der Waals surface area contributed by atoms with Gasteiger partial charge in [0.2, 0.25) is 5.91 Å². The second kappa shape index (κ2) is 17.8. The Labute approximate surface area is 136 Å². The summed E-state index contributed by atoms with van der Waals surface area (Å²) < 4.78 is 0. The van der Waals surface area contributed by atoms with Crippen LogP contribution in [-0.2, 0) is 4.79 Å². The standard InChI is InChI=1S/C17H35NO2S/c19-17(18-20)15-13-11-9-7-5-3-1-2-4-6-8-10-12-14-16-21/h20-21H,1-16H2,(H,18,19). The van der Waals surface area contributed by atoms with Crippen molar-refractivity contribution in [3.05, 3.63) is 0 Å². The molecule has 0 spiro atoms. The fraction of sp³-hybridized carbons (Fsp3) is 0.941. The maximum atomic E-state index is 10.8. The van der Waals surface area contributed by atoms with Gasteiger partial charge in [-0.15, -0.1) is 0 Å². The number of hydroxylamine groups is 1. The van der Waals surface area contributed by atoms with Gasteiger partial charge in [0.25, 0.3) is 0 Å². The van der Waals surface area contributed by atoms with E-state index < -0.39 is 0 Å². The molecule has 0 heterocycles. The summed E-state index contributed by atoms with van der Waals surface area (Å²) in [6.45, 7) is 0. The quantitative estimate of drug-likeness (QED) is 0.157. The molecule has 0 fully saturated rings. The highest BCUT2D eigenvalue weighted by atomic mass is 32.1. The third-order valence-corrected chi connectivity index (χ3v) is 4.25. The Morgan fingerprint density at radius 2 is 1.00 bits per heavy atom. The van der Waals surface area contributed by atoms with Crippen LogP contribution in [0.4, 0.5) is 0 Å². The van der Waals surface area contributed by atoms with Crippen LogP contribution in [0.1, 0.15) is 96.3 Å². The van der Waals surface area contributed by atoms with Gasteiger partial charge < -0.3 is 0 Å². The SMILES string of the molecule is O=C(CCCCCCCCCCCCCCCCS)NO. The van der Waals surface area contributed by atoms with Crippen LogP contribution < -0.4 is 5.48 Å². The van der Waals surface area contributed by atoms with Gasteiger partial charge in [-0.3, -0.25) is 10.0 Å². The van der Waals surface area contributed by atoms with Gasteiger partial charge >= 0.3 is 0 Å². The summed E-state index contributed by atoms with van der Waals surface area (Å²) in [5, 5.41) is 8.35. The number of nitrogens with one attached hydrogen (secondary N) is 1. The van der Waals surface area contributed by atoms with E-state index in [1.54, 1.807) is 5.48 Å². The van der Waals surface area contributed by atoms with E-state index >= 15 is 0 Å². The van der Waals surface area contributed by atoms with Crippen molar-refractivity contribution in [2.75, 3.05) is 5.75 Å². The second-order valence-electron chi connectivity index (χ2n) is 5.96. The number of hydrogen-bond donors (Lipinski definition) is 3. The van der Waals surface area contributed by atoms with Gasteiger partial charge in [-0.1, -0.05) is 77.0 Å². The smallest absolute Gasteiger partial charge is 0.243 e. The molecule has 1 amide bonds. The average Bonchev–Trinajstić information content (AvgIpc) is 2.50. The van der Waals surface area contributed by atoms with Gasteiger partial charge in [-0.05, 0) is 18.6 Å². The van der Waals surface area contributed by atoms with Crippen LogP contribution in [0.3, 0.4) is 0 Å². The van der Waals surface area contributed by atoms with Gasteiger partial charge in [0.05, 0.1) is 0 Å². The molecule has 3 nitrogen and oxygen atoms in total. The van der Waals surface area contributed by atoms with Crippen LogP contribution in [-0.4, -0.2) is 16.9 Å². The number of carbonyl (C=O) groups excluding carboxylic acids is 1. The molecule has 0 saturated carbocycles. The lowest BCUT2D eigenvalue weighted by Crippen LogP contribution is -2.17.